The Kier molecular flexibility index (Phi) is 2.82. The van der Waals surface area contributed by atoms with Gasteiger partial charge in [-0.15, -0.1) is 0 Å². The SMILES string of the molecule is Cc1ccc(Nc2ccc(N)c(C)c2)cc1. The Hall–Kier alpha value is -1.96. The lowest BCUT2D eigenvalue weighted by Crippen LogP contribution is -1.93. The third-order valence-electron chi connectivity index (χ3n) is 2.61. The molecule has 3 N–H and O–H groups in total. The average molecular weight is 212 g/mol. The molecule has 0 bridgehead atoms. The number of hydrogen-bond donors (Lipinski definition) is 2. The van der Waals surface area contributed by atoms with E-state index in [9.17, 15) is 0 Å². The molecular formula is C14H16N2. The van der Waals surface area contributed by atoms with E-state index < -0.39 is 0 Å². The van der Waals surface area contributed by atoms with E-state index in [2.05, 4.69) is 42.6 Å². The number of anilines is 3. The van der Waals surface area contributed by atoms with E-state index in [0.29, 0.717) is 0 Å². The summed E-state index contributed by atoms with van der Waals surface area (Å²) < 4.78 is 0. The van der Waals surface area contributed by atoms with Crippen LogP contribution in [0.3, 0.4) is 0 Å². The fraction of sp³-hybridized carbons (Fsp3) is 0.143. The second-order valence-electron chi connectivity index (χ2n) is 4.06. The molecule has 2 aromatic rings. The number of aryl methyl sites for hydroxylation is 2. The fourth-order valence-corrected chi connectivity index (χ4v) is 1.56. The predicted octanol–water partition coefficient (Wildman–Crippen LogP) is 3.63. The van der Waals surface area contributed by atoms with Crippen molar-refractivity contribution in [3.63, 3.8) is 0 Å². The number of hydrogen-bond acceptors (Lipinski definition) is 2. The summed E-state index contributed by atoms with van der Waals surface area (Å²) in [5, 5.41) is 3.34. The van der Waals surface area contributed by atoms with Crippen LogP contribution in [0.25, 0.3) is 0 Å². The van der Waals surface area contributed by atoms with Crippen molar-refractivity contribution in [2.45, 2.75) is 13.8 Å². The molecule has 0 aromatic heterocycles. The molecule has 0 saturated carbocycles. The zero-order valence-corrected chi connectivity index (χ0v) is 9.62. The smallest absolute Gasteiger partial charge is 0.0388 e. The summed E-state index contributed by atoms with van der Waals surface area (Å²) in [7, 11) is 0. The molecular weight excluding hydrogens is 196 g/mol. The lowest BCUT2D eigenvalue weighted by molar-refractivity contribution is 1.43. The van der Waals surface area contributed by atoms with Gasteiger partial charge in [-0.25, -0.2) is 0 Å². The highest BCUT2D eigenvalue weighted by Crippen LogP contribution is 2.21. The van der Waals surface area contributed by atoms with E-state index in [4.69, 9.17) is 5.73 Å². The molecule has 0 unspecified atom stereocenters. The maximum atomic E-state index is 5.77. The maximum Gasteiger partial charge on any atom is 0.0388 e. The average Bonchev–Trinajstić information content (AvgIpc) is 2.27. The first-order chi connectivity index (χ1) is 7.65. The second-order valence-corrected chi connectivity index (χ2v) is 4.06. The standard InChI is InChI=1S/C14H16N2/c1-10-3-5-12(6-4-10)16-13-7-8-14(15)11(2)9-13/h3-9,16H,15H2,1-2H3. The van der Waals surface area contributed by atoms with E-state index in [-0.39, 0.29) is 0 Å². The topological polar surface area (TPSA) is 38.0 Å². The van der Waals surface area contributed by atoms with Crippen LogP contribution >= 0.6 is 0 Å². The Morgan fingerprint density at radius 2 is 1.50 bits per heavy atom. The van der Waals surface area contributed by atoms with Crippen LogP contribution in [0.4, 0.5) is 17.1 Å². The van der Waals surface area contributed by atoms with Gasteiger partial charge in [0.2, 0.25) is 0 Å². The molecule has 0 aliphatic carbocycles. The third kappa shape index (κ3) is 2.34. The summed E-state index contributed by atoms with van der Waals surface area (Å²) in [4.78, 5) is 0. The molecule has 0 spiro atoms. The number of rotatable bonds is 2. The minimum atomic E-state index is 0.828. The normalized spacial score (nSPS) is 10.1. The summed E-state index contributed by atoms with van der Waals surface area (Å²) >= 11 is 0. The molecule has 0 saturated heterocycles. The summed E-state index contributed by atoms with van der Waals surface area (Å²) in [6.45, 7) is 4.09. The number of benzene rings is 2. The van der Waals surface area contributed by atoms with Gasteiger partial charge in [0.05, 0.1) is 0 Å². The van der Waals surface area contributed by atoms with Gasteiger partial charge in [-0.1, -0.05) is 17.7 Å². The Labute approximate surface area is 96.1 Å². The molecule has 2 heteroatoms. The summed E-state index contributed by atoms with van der Waals surface area (Å²) in [6.07, 6.45) is 0. The Morgan fingerprint density at radius 3 is 2.12 bits per heavy atom. The van der Waals surface area contributed by atoms with Crippen molar-refractivity contribution >= 4 is 17.1 Å². The summed E-state index contributed by atoms with van der Waals surface area (Å²) in [5.74, 6) is 0. The van der Waals surface area contributed by atoms with Crippen LogP contribution in [0.2, 0.25) is 0 Å². The number of nitrogens with one attached hydrogen (secondary N) is 1. The molecule has 0 fully saturated rings. The maximum absolute atomic E-state index is 5.77. The van der Waals surface area contributed by atoms with Crippen LogP contribution in [0, 0.1) is 13.8 Å². The zero-order chi connectivity index (χ0) is 11.5. The Balaban J connectivity index is 2.20. The molecule has 82 valence electrons. The third-order valence-corrected chi connectivity index (χ3v) is 2.61. The van der Waals surface area contributed by atoms with Crippen LogP contribution in [0.1, 0.15) is 11.1 Å². The Morgan fingerprint density at radius 1 is 0.875 bits per heavy atom. The molecule has 0 heterocycles. The second kappa shape index (κ2) is 4.27. The highest BCUT2D eigenvalue weighted by molar-refractivity contribution is 5.64. The minimum Gasteiger partial charge on any atom is -0.399 e. The van der Waals surface area contributed by atoms with Crippen molar-refractivity contribution in [3.8, 4) is 0 Å². The molecule has 2 rings (SSSR count). The highest BCUT2D eigenvalue weighted by Gasteiger charge is 1.97. The van der Waals surface area contributed by atoms with E-state index >= 15 is 0 Å². The van der Waals surface area contributed by atoms with Crippen LogP contribution in [0.15, 0.2) is 42.5 Å². The summed E-state index contributed by atoms with van der Waals surface area (Å²) in [5.41, 5.74) is 11.1. The van der Waals surface area contributed by atoms with E-state index in [0.717, 1.165) is 22.6 Å². The number of nitrogen functional groups attached to an aromatic ring is 1. The van der Waals surface area contributed by atoms with Gasteiger partial charge in [-0.2, -0.15) is 0 Å². The van der Waals surface area contributed by atoms with Crippen LogP contribution in [-0.2, 0) is 0 Å². The molecule has 0 radical (unpaired) electrons. The van der Waals surface area contributed by atoms with Gasteiger partial charge in [0.1, 0.15) is 0 Å². The van der Waals surface area contributed by atoms with Crippen molar-refractivity contribution in [2.24, 2.45) is 0 Å². The fourth-order valence-electron chi connectivity index (χ4n) is 1.56. The van der Waals surface area contributed by atoms with Crippen LogP contribution in [-0.4, -0.2) is 0 Å². The monoisotopic (exact) mass is 212 g/mol. The molecule has 0 aliphatic rings. The van der Waals surface area contributed by atoms with Gasteiger partial charge in [0.25, 0.3) is 0 Å². The molecule has 0 amide bonds. The van der Waals surface area contributed by atoms with Crippen molar-refractivity contribution in [1.82, 2.24) is 0 Å². The van der Waals surface area contributed by atoms with Gasteiger partial charge in [-0.05, 0) is 49.7 Å². The molecule has 2 nitrogen and oxygen atoms in total. The predicted molar refractivity (Wildman–Crippen MR) is 70.1 cm³/mol. The molecule has 2 aromatic carbocycles. The van der Waals surface area contributed by atoms with Crippen LogP contribution < -0.4 is 11.1 Å². The van der Waals surface area contributed by atoms with Gasteiger partial charge in [-0.3, -0.25) is 0 Å². The minimum absolute atomic E-state index is 0.828. The van der Waals surface area contributed by atoms with Crippen molar-refractivity contribution in [1.29, 1.82) is 0 Å². The van der Waals surface area contributed by atoms with Crippen molar-refractivity contribution in [3.05, 3.63) is 53.6 Å². The first-order valence-electron chi connectivity index (χ1n) is 5.35. The van der Waals surface area contributed by atoms with Gasteiger partial charge >= 0.3 is 0 Å². The van der Waals surface area contributed by atoms with E-state index in [1.165, 1.54) is 5.56 Å². The first kappa shape index (κ1) is 10.6. The van der Waals surface area contributed by atoms with Gasteiger partial charge in [0.15, 0.2) is 0 Å². The molecule has 16 heavy (non-hydrogen) atoms. The lowest BCUT2D eigenvalue weighted by atomic mass is 10.1. The quantitative estimate of drug-likeness (QED) is 0.746. The Bertz CT molecular complexity index is 487. The van der Waals surface area contributed by atoms with E-state index in [1.807, 2.05) is 19.1 Å². The van der Waals surface area contributed by atoms with Gasteiger partial charge < -0.3 is 11.1 Å². The largest absolute Gasteiger partial charge is 0.399 e. The van der Waals surface area contributed by atoms with E-state index in [1.54, 1.807) is 0 Å². The van der Waals surface area contributed by atoms with Crippen molar-refractivity contribution < 1.29 is 0 Å². The first-order valence-corrected chi connectivity index (χ1v) is 5.35. The summed E-state index contributed by atoms with van der Waals surface area (Å²) in [6, 6.07) is 14.3. The van der Waals surface area contributed by atoms with Crippen LogP contribution in [0.5, 0.6) is 0 Å². The van der Waals surface area contributed by atoms with Crippen molar-refractivity contribution in [2.75, 3.05) is 11.1 Å². The molecule has 0 atom stereocenters. The lowest BCUT2D eigenvalue weighted by Gasteiger charge is -2.08. The highest BCUT2D eigenvalue weighted by atomic mass is 14.9. The molecule has 0 aliphatic heterocycles. The number of nitrogens with two attached hydrogens (primary N) is 1. The van der Waals surface area contributed by atoms with Gasteiger partial charge in [0, 0.05) is 17.1 Å². The zero-order valence-electron chi connectivity index (χ0n) is 9.62.